The van der Waals surface area contributed by atoms with Crippen LogP contribution in [0.25, 0.3) is 0 Å². The van der Waals surface area contributed by atoms with E-state index in [1.807, 2.05) is 0 Å². The molecule has 0 aromatic carbocycles. The van der Waals surface area contributed by atoms with Crippen LogP contribution in [0.2, 0.25) is 17.7 Å². The van der Waals surface area contributed by atoms with Gasteiger partial charge in [-0.15, -0.1) is 0 Å². The summed E-state index contributed by atoms with van der Waals surface area (Å²) in [6, 6.07) is 0. The Kier molecular flexibility index (Phi) is 7.76. The van der Waals surface area contributed by atoms with E-state index in [-0.39, 0.29) is 0 Å². The second-order valence-corrected chi connectivity index (χ2v) is 35.2. The summed E-state index contributed by atoms with van der Waals surface area (Å²) < 4.78 is 10.3. The molecule has 80 valence electrons. The van der Waals surface area contributed by atoms with Crippen LogP contribution < -0.4 is 0 Å². The van der Waals surface area contributed by atoms with Crippen LogP contribution in [0.3, 0.4) is 0 Å². The summed E-state index contributed by atoms with van der Waals surface area (Å²) in [7, 11) is 13.0. The molecular formula is C8H20Cl2OSn2. The first-order valence-electron chi connectivity index (χ1n) is 5.03. The van der Waals surface area contributed by atoms with Crippen LogP contribution in [0, 0.1) is 0 Å². The van der Waals surface area contributed by atoms with Crippen molar-refractivity contribution >= 4 is 53.2 Å². The molecule has 13 heavy (non-hydrogen) atoms. The van der Waals surface area contributed by atoms with Crippen molar-refractivity contribution in [3.63, 3.8) is 0 Å². The molecule has 1 nitrogen and oxygen atoms in total. The first-order chi connectivity index (χ1) is 5.95. The summed E-state index contributed by atoms with van der Waals surface area (Å²) >= 11 is -5.36. The van der Waals surface area contributed by atoms with Crippen molar-refractivity contribution in [2.75, 3.05) is 0 Å². The van der Waals surface area contributed by atoms with E-state index in [2.05, 4.69) is 27.7 Å². The number of hydrogen-bond donors (Lipinski definition) is 0. The Labute approximate surface area is 98.8 Å². The molecule has 0 spiro atoms. The molecule has 0 N–H and O–H groups in total. The molecule has 0 rings (SSSR count). The molecule has 0 heterocycles. The summed E-state index contributed by atoms with van der Waals surface area (Å²) in [6.07, 6.45) is 0. The SMILES string of the molecule is C[CH2][Sn]([Cl])([CH2]C)[O][Sn]([Cl])([CH2]C)[CH2]C. The molecule has 0 amide bonds. The predicted molar refractivity (Wildman–Crippen MR) is 66.2 cm³/mol. The molecular weight excluding hydrogens is 420 g/mol. The van der Waals surface area contributed by atoms with Crippen LogP contribution in [-0.2, 0) is 1.41 Å². The van der Waals surface area contributed by atoms with Crippen LogP contribution in [0.5, 0.6) is 0 Å². The van der Waals surface area contributed by atoms with Gasteiger partial charge in [-0.05, 0) is 0 Å². The van der Waals surface area contributed by atoms with Gasteiger partial charge in [-0.2, -0.15) is 0 Å². The Morgan fingerprint density at radius 1 is 0.769 bits per heavy atom. The van der Waals surface area contributed by atoms with Crippen molar-refractivity contribution in [3.8, 4) is 0 Å². The van der Waals surface area contributed by atoms with Gasteiger partial charge in [0.1, 0.15) is 0 Å². The minimum atomic E-state index is -2.68. The molecule has 0 aromatic rings. The van der Waals surface area contributed by atoms with E-state index < -0.39 is 35.3 Å². The third-order valence-electron chi connectivity index (χ3n) is 2.48. The van der Waals surface area contributed by atoms with E-state index >= 15 is 0 Å². The Bertz CT molecular complexity index is 131. The first kappa shape index (κ1) is 15.1. The Balaban J connectivity index is 4.36. The van der Waals surface area contributed by atoms with Crippen LogP contribution in [0.1, 0.15) is 27.7 Å². The van der Waals surface area contributed by atoms with Crippen molar-refractivity contribution in [2.24, 2.45) is 0 Å². The van der Waals surface area contributed by atoms with Gasteiger partial charge in [-0.1, -0.05) is 0 Å². The summed E-state index contributed by atoms with van der Waals surface area (Å²) in [5.74, 6) is 0. The summed E-state index contributed by atoms with van der Waals surface area (Å²) in [5, 5.41) is 0. The van der Waals surface area contributed by atoms with Crippen molar-refractivity contribution in [2.45, 2.75) is 45.4 Å². The molecule has 0 unspecified atom stereocenters. The van der Waals surface area contributed by atoms with Crippen LogP contribution in [-0.4, -0.2) is 35.3 Å². The first-order valence-corrected chi connectivity index (χ1v) is 22.7. The molecule has 0 radical (unpaired) electrons. The monoisotopic (exact) mass is 442 g/mol. The molecule has 0 fully saturated rings. The van der Waals surface area contributed by atoms with Crippen LogP contribution >= 0.6 is 17.8 Å². The molecule has 5 heteroatoms. The third kappa shape index (κ3) is 5.14. The Morgan fingerprint density at radius 3 is 1.15 bits per heavy atom. The van der Waals surface area contributed by atoms with Gasteiger partial charge in [0.2, 0.25) is 0 Å². The number of rotatable bonds is 6. The van der Waals surface area contributed by atoms with Gasteiger partial charge in [-0.25, -0.2) is 0 Å². The molecule has 0 aliphatic rings. The maximum atomic E-state index is 6.51. The van der Waals surface area contributed by atoms with Gasteiger partial charge in [0.15, 0.2) is 0 Å². The maximum absolute atomic E-state index is 6.51. The van der Waals surface area contributed by atoms with E-state index in [0.29, 0.717) is 0 Å². The fraction of sp³-hybridized carbons (Fsp3) is 1.00. The molecule has 0 saturated carbocycles. The Morgan fingerprint density at radius 2 is 1.00 bits per heavy atom. The zero-order valence-electron chi connectivity index (χ0n) is 8.99. The van der Waals surface area contributed by atoms with Crippen molar-refractivity contribution in [1.82, 2.24) is 0 Å². The van der Waals surface area contributed by atoms with Gasteiger partial charge in [0.25, 0.3) is 0 Å². The standard InChI is InChI=1S/4C2H5.2ClH.O.2Sn/c4*1-2;;;;;/h4*1H2,2H3;2*1H;;;/q;;;;;;;2*+1/p-2. The zero-order chi connectivity index (χ0) is 10.5. The second-order valence-electron chi connectivity index (χ2n) is 3.28. The fourth-order valence-corrected chi connectivity index (χ4v) is 46.2. The summed E-state index contributed by atoms with van der Waals surface area (Å²) in [4.78, 5) is 0. The fourth-order valence-electron chi connectivity index (χ4n) is 1.12. The van der Waals surface area contributed by atoms with Gasteiger partial charge in [0, 0.05) is 0 Å². The van der Waals surface area contributed by atoms with E-state index in [1.54, 1.807) is 0 Å². The Hall–Kier alpha value is 2.14. The molecule has 0 aliphatic carbocycles. The zero-order valence-corrected chi connectivity index (χ0v) is 16.2. The average Bonchev–Trinajstić information content (AvgIpc) is 2.17. The van der Waals surface area contributed by atoms with Gasteiger partial charge in [0.05, 0.1) is 0 Å². The topological polar surface area (TPSA) is 9.23 Å². The predicted octanol–water partition coefficient (Wildman–Crippen LogP) is 4.44. The minimum absolute atomic E-state index is 1.04. The third-order valence-corrected chi connectivity index (χ3v) is 44.7. The van der Waals surface area contributed by atoms with Crippen LogP contribution in [0.15, 0.2) is 0 Å². The normalized spacial score (nSPS) is 13.4. The molecule has 0 bridgehead atoms. The number of hydrogen-bond acceptors (Lipinski definition) is 1. The van der Waals surface area contributed by atoms with Gasteiger partial charge < -0.3 is 0 Å². The molecule has 0 saturated heterocycles. The van der Waals surface area contributed by atoms with Crippen molar-refractivity contribution in [3.05, 3.63) is 0 Å². The second kappa shape index (κ2) is 6.66. The van der Waals surface area contributed by atoms with Gasteiger partial charge >= 0.3 is 100 Å². The quantitative estimate of drug-likeness (QED) is 0.555. The van der Waals surface area contributed by atoms with Gasteiger partial charge in [-0.3, -0.25) is 0 Å². The summed E-state index contributed by atoms with van der Waals surface area (Å²) in [6.45, 7) is 8.56. The molecule has 0 atom stereocenters. The van der Waals surface area contributed by atoms with E-state index in [9.17, 15) is 0 Å². The van der Waals surface area contributed by atoms with Crippen molar-refractivity contribution in [1.29, 1.82) is 0 Å². The van der Waals surface area contributed by atoms with Crippen LogP contribution in [0.4, 0.5) is 0 Å². The van der Waals surface area contributed by atoms with E-state index in [0.717, 1.165) is 17.7 Å². The molecule has 0 aliphatic heterocycles. The number of halogens is 2. The average molecular weight is 441 g/mol. The summed E-state index contributed by atoms with van der Waals surface area (Å²) in [5.41, 5.74) is 0. The van der Waals surface area contributed by atoms with Crippen molar-refractivity contribution < 1.29 is 1.41 Å². The van der Waals surface area contributed by atoms with E-state index in [4.69, 9.17) is 19.3 Å². The molecule has 0 aromatic heterocycles. The van der Waals surface area contributed by atoms with E-state index in [1.165, 1.54) is 0 Å².